The third-order valence-electron chi connectivity index (χ3n) is 1.63. The van der Waals surface area contributed by atoms with Crippen molar-refractivity contribution in [1.82, 2.24) is 4.90 Å². The van der Waals surface area contributed by atoms with Gasteiger partial charge in [0.2, 0.25) is 6.19 Å². The molecule has 0 N–H and O–H groups in total. The van der Waals surface area contributed by atoms with E-state index in [2.05, 4.69) is 4.99 Å². The van der Waals surface area contributed by atoms with Crippen LogP contribution in [0.25, 0.3) is 0 Å². The lowest BCUT2D eigenvalue weighted by molar-refractivity contribution is 0.415. The molecule has 0 saturated heterocycles. The standard InChI is InChI=1S/C9H11N3OS/c1-12(9(14-2)11-7-10)6-8-4-3-5-13-8/h3-5H,6H2,1-2H3. The number of nitrogens with zero attached hydrogens (tertiary/aromatic N) is 3. The predicted octanol–water partition coefficient (Wildman–Crippen LogP) is 1.91. The normalized spacial score (nSPS) is 11.1. The van der Waals surface area contributed by atoms with E-state index < -0.39 is 0 Å². The van der Waals surface area contributed by atoms with Crippen molar-refractivity contribution < 1.29 is 4.42 Å². The molecule has 1 heterocycles. The molecule has 0 aliphatic heterocycles. The van der Waals surface area contributed by atoms with Crippen LogP contribution in [0, 0.1) is 11.5 Å². The van der Waals surface area contributed by atoms with Gasteiger partial charge in [-0.1, -0.05) is 11.8 Å². The lowest BCUT2D eigenvalue weighted by Gasteiger charge is -2.16. The van der Waals surface area contributed by atoms with Gasteiger partial charge in [0.05, 0.1) is 12.8 Å². The van der Waals surface area contributed by atoms with E-state index in [1.807, 2.05) is 30.3 Å². The maximum atomic E-state index is 8.44. The highest BCUT2D eigenvalue weighted by Gasteiger charge is 2.07. The largest absolute Gasteiger partial charge is 0.467 e. The highest BCUT2D eigenvalue weighted by Crippen LogP contribution is 2.09. The Morgan fingerprint density at radius 2 is 2.57 bits per heavy atom. The zero-order valence-electron chi connectivity index (χ0n) is 8.10. The number of furan rings is 1. The van der Waals surface area contributed by atoms with Gasteiger partial charge in [-0.15, -0.1) is 4.99 Å². The molecule has 1 aromatic heterocycles. The number of rotatable bonds is 2. The lowest BCUT2D eigenvalue weighted by atomic mass is 10.4. The average molecular weight is 209 g/mol. The summed E-state index contributed by atoms with van der Waals surface area (Å²) < 4.78 is 5.19. The van der Waals surface area contributed by atoms with Crippen LogP contribution in [-0.2, 0) is 6.54 Å². The molecule has 0 radical (unpaired) electrons. The summed E-state index contributed by atoms with van der Waals surface area (Å²) in [5, 5.41) is 9.13. The molecular formula is C9H11N3OS. The molecule has 1 aromatic rings. The van der Waals surface area contributed by atoms with E-state index in [4.69, 9.17) is 9.68 Å². The van der Waals surface area contributed by atoms with Crippen LogP contribution in [-0.4, -0.2) is 23.4 Å². The number of thioether (sulfide) groups is 1. The summed E-state index contributed by atoms with van der Waals surface area (Å²) in [6.45, 7) is 0.619. The Kier molecular flexibility index (Phi) is 4.08. The van der Waals surface area contributed by atoms with Crippen molar-refractivity contribution in [3.05, 3.63) is 24.2 Å². The number of amidine groups is 1. The summed E-state index contributed by atoms with van der Waals surface area (Å²) in [6.07, 6.45) is 5.29. The maximum Gasteiger partial charge on any atom is 0.208 e. The smallest absolute Gasteiger partial charge is 0.208 e. The fourth-order valence-electron chi connectivity index (χ4n) is 1.03. The molecular weight excluding hydrogens is 198 g/mol. The first-order chi connectivity index (χ1) is 6.77. The molecule has 0 amide bonds. The molecule has 0 aromatic carbocycles. The highest BCUT2D eigenvalue weighted by molar-refractivity contribution is 8.13. The second-order valence-corrected chi connectivity index (χ2v) is 3.41. The molecule has 0 atom stereocenters. The van der Waals surface area contributed by atoms with Crippen LogP contribution < -0.4 is 0 Å². The third kappa shape index (κ3) is 2.82. The van der Waals surface area contributed by atoms with Crippen LogP contribution in [0.1, 0.15) is 5.76 Å². The van der Waals surface area contributed by atoms with Crippen LogP contribution in [0.4, 0.5) is 0 Å². The lowest BCUT2D eigenvalue weighted by Crippen LogP contribution is -2.22. The molecule has 0 fully saturated rings. The molecule has 0 saturated carbocycles. The van der Waals surface area contributed by atoms with Gasteiger partial charge in [-0.05, 0) is 18.4 Å². The Morgan fingerprint density at radius 1 is 1.79 bits per heavy atom. The SMILES string of the molecule is CSC(=NC#N)N(C)Cc1ccco1. The van der Waals surface area contributed by atoms with E-state index in [0.29, 0.717) is 11.7 Å². The van der Waals surface area contributed by atoms with Gasteiger partial charge >= 0.3 is 0 Å². The minimum absolute atomic E-state index is 0.619. The van der Waals surface area contributed by atoms with Crippen molar-refractivity contribution in [2.75, 3.05) is 13.3 Å². The van der Waals surface area contributed by atoms with Gasteiger partial charge in [-0.25, -0.2) is 0 Å². The summed E-state index contributed by atoms with van der Waals surface area (Å²) >= 11 is 1.44. The maximum absolute atomic E-state index is 8.44. The first-order valence-corrected chi connectivity index (χ1v) is 5.24. The number of hydrogen-bond donors (Lipinski definition) is 0. The van der Waals surface area contributed by atoms with Crippen LogP contribution >= 0.6 is 11.8 Å². The number of nitriles is 1. The minimum atomic E-state index is 0.619. The van der Waals surface area contributed by atoms with E-state index in [1.165, 1.54) is 11.8 Å². The van der Waals surface area contributed by atoms with Gasteiger partial charge in [0.1, 0.15) is 5.76 Å². The molecule has 0 aliphatic carbocycles. The van der Waals surface area contributed by atoms with Crippen molar-refractivity contribution in [3.63, 3.8) is 0 Å². The summed E-state index contributed by atoms with van der Waals surface area (Å²) in [7, 11) is 1.87. The Hall–Kier alpha value is -1.41. The van der Waals surface area contributed by atoms with Crippen LogP contribution in [0.3, 0.4) is 0 Å². The van der Waals surface area contributed by atoms with Gasteiger partial charge in [0.15, 0.2) is 5.17 Å². The fourth-order valence-corrected chi connectivity index (χ4v) is 1.54. The minimum Gasteiger partial charge on any atom is -0.467 e. The monoisotopic (exact) mass is 209 g/mol. The Bertz CT molecular complexity index is 339. The second-order valence-electron chi connectivity index (χ2n) is 2.63. The molecule has 0 unspecified atom stereocenters. The zero-order chi connectivity index (χ0) is 10.4. The Balaban J connectivity index is 2.62. The third-order valence-corrected chi connectivity index (χ3v) is 2.40. The Labute approximate surface area is 87.2 Å². The second kappa shape index (κ2) is 5.35. The van der Waals surface area contributed by atoms with Crippen LogP contribution in [0.15, 0.2) is 27.8 Å². The fraction of sp³-hybridized carbons (Fsp3) is 0.333. The van der Waals surface area contributed by atoms with Gasteiger partial charge in [-0.2, -0.15) is 5.26 Å². The molecule has 5 heteroatoms. The first kappa shape index (κ1) is 10.7. The first-order valence-electron chi connectivity index (χ1n) is 4.02. The van der Waals surface area contributed by atoms with Crippen molar-refractivity contribution in [1.29, 1.82) is 5.26 Å². The summed E-state index contributed by atoms with van der Waals surface area (Å²) in [4.78, 5) is 5.56. The predicted molar refractivity (Wildman–Crippen MR) is 56.7 cm³/mol. The van der Waals surface area contributed by atoms with Crippen molar-refractivity contribution >= 4 is 16.9 Å². The molecule has 0 aliphatic rings. The van der Waals surface area contributed by atoms with E-state index in [0.717, 1.165) is 5.76 Å². The van der Waals surface area contributed by atoms with Crippen molar-refractivity contribution in [2.24, 2.45) is 4.99 Å². The summed E-state index contributed by atoms with van der Waals surface area (Å²) in [5.41, 5.74) is 0. The van der Waals surface area contributed by atoms with E-state index in [9.17, 15) is 0 Å². The van der Waals surface area contributed by atoms with E-state index in [-0.39, 0.29) is 0 Å². The van der Waals surface area contributed by atoms with Crippen molar-refractivity contribution in [2.45, 2.75) is 6.54 Å². The summed E-state index contributed by atoms with van der Waals surface area (Å²) in [5.74, 6) is 0.854. The van der Waals surface area contributed by atoms with Gasteiger partial charge in [-0.3, -0.25) is 0 Å². The molecule has 0 bridgehead atoms. The van der Waals surface area contributed by atoms with Crippen LogP contribution in [0.2, 0.25) is 0 Å². The Morgan fingerprint density at radius 3 is 3.07 bits per heavy atom. The molecule has 14 heavy (non-hydrogen) atoms. The van der Waals surface area contributed by atoms with E-state index in [1.54, 1.807) is 12.5 Å². The molecule has 74 valence electrons. The highest BCUT2D eigenvalue weighted by atomic mass is 32.2. The van der Waals surface area contributed by atoms with E-state index >= 15 is 0 Å². The van der Waals surface area contributed by atoms with Gasteiger partial charge in [0, 0.05) is 7.05 Å². The van der Waals surface area contributed by atoms with Gasteiger partial charge in [0.25, 0.3) is 0 Å². The summed E-state index contributed by atoms with van der Waals surface area (Å²) in [6, 6.07) is 3.73. The molecule has 0 spiro atoms. The number of aliphatic imine (C=N–C) groups is 1. The quantitative estimate of drug-likeness (QED) is 0.424. The number of hydrogen-bond acceptors (Lipinski definition) is 4. The molecule has 4 nitrogen and oxygen atoms in total. The topological polar surface area (TPSA) is 52.5 Å². The molecule has 1 rings (SSSR count). The van der Waals surface area contributed by atoms with Crippen molar-refractivity contribution in [3.8, 4) is 6.19 Å². The van der Waals surface area contributed by atoms with Gasteiger partial charge < -0.3 is 9.32 Å². The average Bonchev–Trinajstić information content (AvgIpc) is 2.66. The van der Waals surface area contributed by atoms with Crippen LogP contribution in [0.5, 0.6) is 0 Å². The zero-order valence-corrected chi connectivity index (χ0v) is 8.91.